The molecule has 3 unspecified atom stereocenters. The van der Waals surface area contributed by atoms with Gasteiger partial charge in [0.05, 0.1) is 18.8 Å². The summed E-state index contributed by atoms with van der Waals surface area (Å²) in [4.78, 5) is 14.0. The lowest BCUT2D eigenvalue weighted by Crippen LogP contribution is -2.39. The molecule has 0 radical (unpaired) electrons. The minimum Gasteiger partial charge on any atom is -0.392 e. The highest BCUT2D eigenvalue weighted by Crippen LogP contribution is 2.39. The molecule has 1 amide bonds. The average Bonchev–Trinajstić information content (AvgIpc) is 3.11. The molecule has 47 heavy (non-hydrogen) atoms. The van der Waals surface area contributed by atoms with Gasteiger partial charge in [0.1, 0.15) is 0 Å². The predicted molar refractivity (Wildman–Crippen MR) is 185 cm³/mol. The van der Waals surface area contributed by atoms with E-state index in [1.54, 1.807) is 0 Å². The molecule has 6 heteroatoms. The van der Waals surface area contributed by atoms with Crippen LogP contribution in [-0.2, 0) is 40.5 Å². The van der Waals surface area contributed by atoms with Gasteiger partial charge in [0.15, 0.2) is 6.29 Å². The molecule has 5 aromatic rings. The second-order valence-electron chi connectivity index (χ2n) is 12.2. The van der Waals surface area contributed by atoms with Gasteiger partial charge in [0.2, 0.25) is 5.91 Å². The van der Waals surface area contributed by atoms with Gasteiger partial charge in [-0.3, -0.25) is 9.69 Å². The van der Waals surface area contributed by atoms with E-state index in [9.17, 15) is 9.90 Å². The number of hydrogen-bond donors (Lipinski definition) is 2. The highest BCUT2D eigenvalue weighted by Gasteiger charge is 2.33. The Morgan fingerprint density at radius 3 is 1.94 bits per heavy atom. The van der Waals surface area contributed by atoms with Crippen molar-refractivity contribution in [3.05, 3.63) is 167 Å². The first-order valence-electron chi connectivity index (χ1n) is 16.3. The van der Waals surface area contributed by atoms with Crippen molar-refractivity contribution in [3.63, 3.8) is 0 Å². The lowest BCUT2D eigenvalue weighted by Gasteiger charge is -2.38. The van der Waals surface area contributed by atoms with E-state index in [1.165, 1.54) is 18.1 Å². The normalized spacial score (nSPS) is 17.8. The molecule has 1 aliphatic rings. The Hall–Kier alpha value is -4.59. The zero-order valence-corrected chi connectivity index (χ0v) is 26.8. The standard InChI is InChI=1S/C41H42N2O4/c1-30(45)42-25-37-14-8-9-15-39(37)34-20-22-36(23-21-34)41-46-38(24-40(47-41)35-18-16-33(29-44)17-19-35)28-43(26-31-10-4-2-5-11-31)27-32-12-6-3-7-13-32/h2-23,38,40-41,44H,24-29H2,1H3,(H,42,45). The summed E-state index contributed by atoms with van der Waals surface area (Å²) in [5.41, 5.74) is 8.62. The van der Waals surface area contributed by atoms with E-state index >= 15 is 0 Å². The van der Waals surface area contributed by atoms with Gasteiger partial charge in [-0.15, -0.1) is 0 Å². The van der Waals surface area contributed by atoms with Crippen LogP contribution in [0.2, 0.25) is 0 Å². The highest BCUT2D eigenvalue weighted by atomic mass is 16.7. The smallest absolute Gasteiger partial charge is 0.217 e. The van der Waals surface area contributed by atoms with Crippen LogP contribution in [0.4, 0.5) is 0 Å². The Balaban J connectivity index is 1.26. The summed E-state index contributed by atoms with van der Waals surface area (Å²) in [6.45, 7) is 4.37. The molecule has 0 aromatic heterocycles. The lowest BCUT2D eigenvalue weighted by molar-refractivity contribution is -0.253. The van der Waals surface area contributed by atoms with E-state index in [2.05, 4.69) is 113 Å². The molecule has 1 heterocycles. The summed E-state index contributed by atoms with van der Waals surface area (Å²) in [5.74, 6) is -0.0528. The number of carbonyl (C=O) groups excluding carboxylic acids is 1. The van der Waals surface area contributed by atoms with Crippen LogP contribution >= 0.6 is 0 Å². The fourth-order valence-corrected chi connectivity index (χ4v) is 6.18. The van der Waals surface area contributed by atoms with Gasteiger partial charge in [-0.05, 0) is 38.9 Å². The van der Waals surface area contributed by atoms with Crippen molar-refractivity contribution in [2.24, 2.45) is 0 Å². The van der Waals surface area contributed by atoms with Crippen LogP contribution in [0.1, 0.15) is 59.1 Å². The molecule has 1 aliphatic heterocycles. The van der Waals surface area contributed by atoms with E-state index in [4.69, 9.17) is 9.47 Å². The Labute approximate surface area is 277 Å². The molecule has 0 saturated carbocycles. The summed E-state index contributed by atoms with van der Waals surface area (Å²) < 4.78 is 13.4. The van der Waals surface area contributed by atoms with Crippen molar-refractivity contribution < 1.29 is 19.4 Å². The van der Waals surface area contributed by atoms with Gasteiger partial charge in [-0.1, -0.05) is 133 Å². The van der Waals surface area contributed by atoms with E-state index < -0.39 is 6.29 Å². The fraction of sp³-hybridized carbons (Fsp3) is 0.244. The van der Waals surface area contributed by atoms with Crippen LogP contribution in [0.3, 0.4) is 0 Å². The number of carbonyl (C=O) groups is 1. The van der Waals surface area contributed by atoms with Crippen molar-refractivity contribution in [3.8, 4) is 11.1 Å². The number of aliphatic hydroxyl groups excluding tert-OH is 1. The van der Waals surface area contributed by atoms with Crippen molar-refractivity contribution in [1.29, 1.82) is 0 Å². The topological polar surface area (TPSA) is 71.0 Å². The number of aliphatic hydroxyl groups is 1. The van der Waals surface area contributed by atoms with Crippen LogP contribution < -0.4 is 5.32 Å². The minimum atomic E-state index is -0.546. The lowest BCUT2D eigenvalue weighted by atomic mass is 9.97. The second-order valence-corrected chi connectivity index (χ2v) is 12.2. The largest absolute Gasteiger partial charge is 0.392 e. The number of benzene rings is 5. The zero-order chi connectivity index (χ0) is 32.4. The first-order valence-corrected chi connectivity index (χ1v) is 16.3. The van der Waals surface area contributed by atoms with Crippen molar-refractivity contribution in [2.45, 2.75) is 58.1 Å². The molecule has 2 N–H and O–H groups in total. The van der Waals surface area contributed by atoms with E-state index in [0.717, 1.165) is 53.0 Å². The first kappa shape index (κ1) is 32.4. The van der Waals surface area contributed by atoms with Crippen LogP contribution in [0.15, 0.2) is 133 Å². The summed E-state index contributed by atoms with van der Waals surface area (Å²) in [7, 11) is 0. The maximum Gasteiger partial charge on any atom is 0.217 e. The molecule has 240 valence electrons. The molecule has 0 bridgehead atoms. The van der Waals surface area contributed by atoms with Crippen molar-refractivity contribution in [1.82, 2.24) is 10.2 Å². The van der Waals surface area contributed by atoms with E-state index in [1.807, 2.05) is 30.3 Å². The Kier molecular flexibility index (Phi) is 10.9. The summed E-state index contributed by atoms with van der Waals surface area (Å²) in [6, 6.07) is 45.7. The monoisotopic (exact) mass is 626 g/mol. The molecule has 6 nitrogen and oxygen atoms in total. The van der Waals surface area contributed by atoms with Gasteiger partial charge in [-0.2, -0.15) is 0 Å². The Bertz CT molecular complexity index is 1670. The highest BCUT2D eigenvalue weighted by molar-refractivity contribution is 5.74. The SMILES string of the molecule is CC(=O)NCc1ccccc1-c1ccc(C2OC(CN(Cc3ccccc3)Cc3ccccc3)CC(c3ccc(CO)cc3)O2)cc1. The average molecular weight is 627 g/mol. The maximum absolute atomic E-state index is 11.6. The molecular weight excluding hydrogens is 584 g/mol. The third-order valence-corrected chi connectivity index (χ3v) is 8.61. The molecule has 5 aromatic carbocycles. The summed E-state index contributed by atoms with van der Waals surface area (Å²) in [5, 5.41) is 12.5. The maximum atomic E-state index is 11.6. The number of amides is 1. The van der Waals surface area contributed by atoms with Crippen molar-refractivity contribution in [2.75, 3.05) is 6.54 Å². The quantitative estimate of drug-likeness (QED) is 0.148. The molecule has 1 saturated heterocycles. The number of nitrogens with zero attached hydrogens (tertiary/aromatic N) is 1. The molecule has 0 spiro atoms. The summed E-state index contributed by atoms with van der Waals surface area (Å²) >= 11 is 0. The van der Waals surface area contributed by atoms with Gasteiger partial charge in [-0.25, -0.2) is 0 Å². The van der Waals surface area contributed by atoms with Crippen LogP contribution in [0.25, 0.3) is 11.1 Å². The number of ether oxygens (including phenoxy) is 2. The number of hydrogen-bond acceptors (Lipinski definition) is 5. The van der Waals surface area contributed by atoms with E-state index in [-0.39, 0.29) is 24.7 Å². The molecule has 6 rings (SSSR count). The Morgan fingerprint density at radius 1 is 0.723 bits per heavy atom. The van der Waals surface area contributed by atoms with Crippen molar-refractivity contribution >= 4 is 5.91 Å². The van der Waals surface area contributed by atoms with Gasteiger partial charge >= 0.3 is 0 Å². The van der Waals surface area contributed by atoms with Crippen LogP contribution in [-0.4, -0.2) is 28.6 Å². The predicted octanol–water partition coefficient (Wildman–Crippen LogP) is 7.73. The van der Waals surface area contributed by atoms with Gasteiger partial charge in [0.25, 0.3) is 0 Å². The minimum absolute atomic E-state index is 0.00832. The summed E-state index contributed by atoms with van der Waals surface area (Å²) in [6.07, 6.45) is -0.0826. The van der Waals surface area contributed by atoms with Crippen LogP contribution in [0.5, 0.6) is 0 Å². The Morgan fingerprint density at radius 2 is 1.32 bits per heavy atom. The number of rotatable bonds is 12. The third kappa shape index (κ3) is 8.82. The van der Waals surface area contributed by atoms with E-state index in [0.29, 0.717) is 13.0 Å². The molecule has 1 fully saturated rings. The van der Waals surface area contributed by atoms with Crippen LogP contribution in [0, 0.1) is 0 Å². The second kappa shape index (κ2) is 15.8. The molecule has 3 atom stereocenters. The molecule has 0 aliphatic carbocycles. The third-order valence-electron chi connectivity index (χ3n) is 8.61. The zero-order valence-electron chi connectivity index (χ0n) is 26.8. The van der Waals surface area contributed by atoms with Gasteiger partial charge < -0.3 is 19.9 Å². The number of nitrogens with one attached hydrogen (secondary N) is 1. The fourth-order valence-electron chi connectivity index (χ4n) is 6.18. The first-order chi connectivity index (χ1) is 23.0. The van der Waals surface area contributed by atoms with Gasteiger partial charge in [0, 0.05) is 45.1 Å². The molecular formula is C41H42N2O4.